The SMILES string of the molecule is Cc1ccc(-c2onc(N)c2-c2ccc(Cl)c(Cl)c2)cc1. The molecule has 0 amide bonds. The molecule has 2 aromatic carbocycles. The molecule has 3 aromatic rings. The summed E-state index contributed by atoms with van der Waals surface area (Å²) in [5.74, 6) is 0.940. The van der Waals surface area contributed by atoms with E-state index in [1.165, 1.54) is 5.56 Å². The number of benzene rings is 2. The first kappa shape index (κ1) is 14.0. The maximum Gasteiger partial charge on any atom is 0.176 e. The van der Waals surface area contributed by atoms with E-state index in [1.807, 2.05) is 37.3 Å². The topological polar surface area (TPSA) is 52.0 Å². The van der Waals surface area contributed by atoms with Gasteiger partial charge >= 0.3 is 0 Å². The Bertz CT molecular complexity index is 795. The summed E-state index contributed by atoms with van der Waals surface area (Å²) in [5, 5.41) is 4.83. The van der Waals surface area contributed by atoms with Gasteiger partial charge in [-0.2, -0.15) is 0 Å². The maximum absolute atomic E-state index is 6.08. The summed E-state index contributed by atoms with van der Waals surface area (Å²) in [7, 11) is 0. The Morgan fingerprint density at radius 3 is 2.29 bits per heavy atom. The highest BCUT2D eigenvalue weighted by molar-refractivity contribution is 6.42. The highest BCUT2D eigenvalue weighted by Gasteiger charge is 2.18. The molecule has 0 saturated heterocycles. The molecule has 0 radical (unpaired) electrons. The summed E-state index contributed by atoms with van der Waals surface area (Å²) < 4.78 is 5.39. The minimum absolute atomic E-state index is 0.323. The first-order valence-corrected chi connectivity index (χ1v) is 7.09. The Morgan fingerprint density at radius 1 is 0.952 bits per heavy atom. The van der Waals surface area contributed by atoms with Crippen molar-refractivity contribution in [1.82, 2.24) is 5.16 Å². The second-order valence-corrected chi connectivity index (χ2v) is 5.58. The van der Waals surface area contributed by atoms with Crippen LogP contribution in [0, 0.1) is 6.92 Å². The van der Waals surface area contributed by atoms with Crippen molar-refractivity contribution in [3.05, 3.63) is 58.1 Å². The Hall–Kier alpha value is -1.97. The van der Waals surface area contributed by atoms with Crippen LogP contribution in [0.3, 0.4) is 0 Å². The van der Waals surface area contributed by atoms with Gasteiger partial charge in [-0.1, -0.05) is 64.3 Å². The van der Waals surface area contributed by atoms with E-state index in [-0.39, 0.29) is 0 Å². The average molecular weight is 319 g/mol. The number of nitrogen functional groups attached to an aromatic ring is 1. The van der Waals surface area contributed by atoms with Crippen LogP contribution in [0.2, 0.25) is 10.0 Å². The fourth-order valence-electron chi connectivity index (χ4n) is 2.14. The zero-order chi connectivity index (χ0) is 15.0. The zero-order valence-electron chi connectivity index (χ0n) is 11.2. The van der Waals surface area contributed by atoms with E-state index < -0.39 is 0 Å². The Balaban J connectivity index is 2.16. The van der Waals surface area contributed by atoms with Crippen molar-refractivity contribution in [1.29, 1.82) is 0 Å². The molecule has 0 saturated carbocycles. The van der Waals surface area contributed by atoms with Crippen LogP contribution in [0.15, 0.2) is 47.0 Å². The van der Waals surface area contributed by atoms with Gasteiger partial charge in [-0.3, -0.25) is 0 Å². The number of hydrogen-bond donors (Lipinski definition) is 1. The van der Waals surface area contributed by atoms with E-state index >= 15 is 0 Å². The van der Waals surface area contributed by atoms with E-state index in [2.05, 4.69) is 5.16 Å². The standard InChI is InChI=1S/C16H12Cl2N2O/c1-9-2-4-10(5-3-9)15-14(16(19)20-21-15)11-6-7-12(17)13(18)8-11/h2-8H,1H3,(H2,19,20). The molecule has 0 aliphatic carbocycles. The molecule has 2 N–H and O–H groups in total. The number of aromatic nitrogens is 1. The smallest absolute Gasteiger partial charge is 0.176 e. The third-order valence-electron chi connectivity index (χ3n) is 3.24. The Labute approximate surface area is 132 Å². The molecule has 0 aliphatic rings. The van der Waals surface area contributed by atoms with Crippen LogP contribution in [0.1, 0.15) is 5.56 Å². The van der Waals surface area contributed by atoms with Gasteiger partial charge in [0, 0.05) is 5.56 Å². The number of hydrogen-bond acceptors (Lipinski definition) is 3. The second-order valence-electron chi connectivity index (χ2n) is 4.77. The number of nitrogens with two attached hydrogens (primary N) is 1. The molecule has 1 aromatic heterocycles. The molecular weight excluding hydrogens is 307 g/mol. The van der Waals surface area contributed by atoms with Crippen molar-refractivity contribution in [3.63, 3.8) is 0 Å². The van der Waals surface area contributed by atoms with Crippen LogP contribution in [-0.2, 0) is 0 Å². The number of aryl methyl sites for hydroxylation is 1. The van der Waals surface area contributed by atoms with Gasteiger partial charge in [0.25, 0.3) is 0 Å². The van der Waals surface area contributed by atoms with Crippen molar-refractivity contribution in [3.8, 4) is 22.5 Å². The number of rotatable bonds is 2. The molecule has 0 fully saturated rings. The largest absolute Gasteiger partial charge is 0.380 e. The lowest BCUT2D eigenvalue weighted by Gasteiger charge is -2.05. The van der Waals surface area contributed by atoms with Gasteiger partial charge in [-0.25, -0.2) is 0 Å². The summed E-state index contributed by atoms with van der Waals surface area (Å²) in [4.78, 5) is 0. The first-order valence-electron chi connectivity index (χ1n) is 6.34. The van der Waals surface area contributed by atoms with Gasteiger partial charge in [-0.05, 0) is 24.6 Å². The van der Waals surface area contributed by atoms with Gasteiger partial charge in [0.1, 0.15) is 0 Å². The molecule has 5 heteroatoms. The number of nitrogens with zero attached hydrogens (tertiary/aromatic N) is 1. The van der Waals surface area contributed by atoms with E-state index in [0.29, 0.717) is 21.6 Å². The van der Waals surface area contributed by atoms with E-state index in [9.17, 15) is 0 Å². The van der Waals surface area contributed by atoms with Crippen molar-refractivity contribution < 1.29 is 4.52 Å². The third-order valence-corrected chi connectivity index (χ3v) is 3.98. The predicted octanol–water partition coefficient (Wildman–Crippen LogP) is 5.21. The van der Waals surface area contributed by atoms with E-state index in [0.717, 1.165) is 16.7 Å². The molecular formula is C16H12Cl2N2O. The molecule has 1 heterocycles. The number of anilines is 1. The molecule has 3 nitrogen and oxygen atoms in total. The highest BCUT2D eigenvalue weighted by atomic mass is 35.5. The van der Waals surface area contributed by atoms with Crippen molar-refractivity contribution in [2.75, 3.05) is 5.73 Å². The van der Waals surface area contributed by atoms with E-state index in [4.69, 9.17) is 33.5 Å². The van der Waals surface area contributed by atoms with Gasteiger partial charge in [0.15, 0.2) is 11.6 Å². The van der Waals surface area contributed by atoms with Gasteiger partial charge in [-0.15, -0.1) is 0 Å². The minimum atomic E-state index is 0.323. The molecule has 3 rings (SSSR count). The zero-order valence-corrected chi connectivity index (χ0v) is 12.7. The third kappa shape index (κ3) is 2.62. The monoisotopic (exact) mass is 318 g/mol. The predicted molar refractivity (Wildman–Crippen MR) is 86.5 cm³/mol. The molecule has 0 aliphatic heterocycles. The van der Waals surface area contributed by atoms with Crippen LogP contribution in [0.25, 0.3) is 22.5 Å². The van der Waals surface area contributed by atoms with Crippen LogP contribution < -0.4 is 5.73 Å². The first-order chi connectivity index (χ1) is 10.1. The lowest BCUT2D eigenvalue weighted by Crippen LogP contribution is -1.89. The maximum atomic E-state index is 6.08. The van der Waals surface area contributed by atoms with Gasteiger partial charge in [0.2, 0.25) is 0 Å². The molecule has 106 valence electrons. The van der Waals surface area contributed by atoms with Gasteiger partial charge < -0.3 is 10.3 Å². The Morgan fingerprint density at radius 2 is 1.62 bits per heavy atom. The highest BCUT2D eigenvalue weighted by Crippen LogP contribution is 2.38. The average Bonchev–Trinajstić information content (AvgIpc) is 2.85. The summed E-state index contributed by atoms with van der Waals surface area (Å²) in [6, 6.07) is 13.3. The van der Waals surface area contributed by atoms with Crippen molar-refractivity contribution in [2.24, 2.45) is 0 Å². The molecule has 21 heavy (non-hydrogen) atoms. The second kappa shape index (κ2) is 5.43. The Kier molecular flexibility index (Phi) is 3.62. The molecule has 0 bridgehead atoms. The lowest BCUT2D eigenvalue weighted by molar-refractivity contribution is 0.436. The van der Waals surface area contributed by atoms with Crippen molar-refractivity contribution in [2.45, 2.75) is 6.92 Å². The van der Waals surface area contributed by atoms with Crippen LogP contribution in [0.4, 0.5) is 5.82 Å². The fourth-order valence-corrected chi connectivity index (χ4v) is 2.43. The minimum Gasteiger partial charge on any atom is -0.380 e. The normalized spacial score (nSPS) is 10.8. The molecule has 0 unspecified atom stereocenters. The quantitative estimate of drug-likeness (QED) is 0.706. The van der Waals surface area contributed by atoms with Crippen molar-refractivity contribution >= 4 is 29.0 Å². The molecule has 0 spiro atoms. The van der Waals surface area contributed by atoms with Gasteiger partial charge in [0.05, 0.1) is 15.6 Å². The summed E-state index contributed by atoms with van der Waals surface area (Å²) >= 11 is 12.0. The van der Waals surface area contributed by atoms with Crippen LogP contribution in [-0.4, -0.2) is 5.16 Å². The summed E-state index contributed by atoms with van der Waals surface area (Å²) in [6.45, 7) is 2.03. The van der Waals surface area contributed by atoms with E-state index in [1.54, 1.807) is 12.1 Å². The number of halogens is 2. The summed E-state index contributed by atoms with van der Waals surface area (Å²) in [6.07, 6.45) is 0. The molecule has 0 atom stereocenters. The lowest BCUT2D eigenvalue weighted by atomic mass is 10.0. The van der Waals surface area contributed by atoms with Crippen LogP contribution in [0.5, 0.6) is 0 Å². The van der Waals surface area contributed by atoms with Crippen LogP contribution >= 0.6 is 23.2 Å². The fraction of sp³-hybridized carbons (Fsp3) is 0.0625. The summed E-state index contributed by atoms with van der Waals surface area (Å²) in [5.41, 5.74) is 9.56.